The van der Waals surface area contributed by atoms with Crippen LogP contribution in [0, 0.1) is 28.1 Å². The lowest BCUT2D eigenvalue weighted by Gasteiger charge is -2.64. The van der Waals surface area contributed by atoms with E-state index in [1.807, 2.05) is 61.5 Å². The lowest BCUT2D eigenvalue weighted by Crippen LogP contribution is -2.69. The maximum absolute atomic E-state index is 15.4. The van der Waals surface area contributed by atoms with E-state index in [2.05, 4.69) is 6.08 Å². The smallest absolute Gasteiger partial charge is 0.200 e. The van der Waals surface area contributed by atoms with Gasteiger partial charge in [-0.1, -0.05) is 37.1 Å². The van der Waals surface area contributed by atoms with Crippen molar-refractivity contribution in [3.05, 3.63) is 58.4 Å². The van der Waals surface area contributed by atoms with Crippen molar-refractivity contribution in [2.45, 2.75) is 119 Å². The number of phenolic OH excluding ortho intramolecular Hbond substituents is 2. The number of ether oxygens (including phenoxy) is 1. The predicted molar refractivity (Wildman–Crippen MR) is 176 cm³/mol. The van der Waals surface area contributed by atoms with Gasteiger partial charge in [0.25, 0.3) is 0 Å². The molecule has 1 aromatic rings. The van der Waals surface area contributed by atoms with E-state index in [0.717, 1.165) is 17.2 Å². The predicted octanol–water partition coefficient (Wildman–Crippen LogP) is 6.75. The summed E-state index contributed by atoms with van der Waals surface area (Å²) in [5.74, 6) is -2.97. The molecule has 0 aromatic heterocycles. The van der Waals surface area contributed by atoms with Gasteiger partial charge < -0.3 is 25.2 Å². The minimum absolute atomic E-state index is 0.00837. The van der Waals surface area contributed by atoms with E-state index in [1.54, 1.807) is 13.8 Å². The molecule has 252 valence electrons. The van der Waals surface area contributed by atoms with Crippen molar-refractivity contribution in [1.82, 2.24) is 0 Å². The highest BCUT2D eigenvalue weighted by molar-refractivity contribution is 6.35. The molecule has 4 rings (SSSR count). The van der Waals surface area contributed by atoms with E-state index < -0.39 is 62.5 Å². The normalized spacial score (nSPS) is 29.0. The summed E-state index contributed by atoms with van der Waals surface area (Å²) in [6, 6.07) is 3.67. The third-order valence-electron chi connectivity index (χ3n) is 11.2. The molecule has 2 bridgehead atoms. The summed E-state index contributed by atoms with van der Waals surface area (Å²) in [5.41, 5.74) is -4.50. The first-order valence-electron chi connectivity index (χ1n) is 16.3. The zero-order valence-electron chi connectivity index (χ0n) is 29.1. The number of rotatable bonds is 9. The molecule has 1 heterocycles. The second-order valence-corrected chi connectivity index (χ2v) is 16.0. The standard InChI is InChI=1S/C38H52O8/c1-21(2)11-13-24-19-37-20-25(18-28(41)35(7,8)45)34(5,6)38(33(37)44,16-15-22(3)4)31(43)29(32(37)46-36(24,9)10)30(42)23-12-14-26(39)27(40)17-23/h11-12,14-15,17,24-25,28,39-41,45H,13,16,18-20H2,1-10H3/t24-,25+,28+,37+,38-/m0/s1. The Balaban J connectivity index is 2.09. The number of fused-ring (bicyclic) bond motifs is 1. The summed E-state index contributed by atoms with van der Waals surface area (Å²) in [7, 11) is 0. The number of hydrogen-bond donors (Lipinski definition) is 4. The Kier molecular flexibility index (Phi) is 9.12. The van der Waals surface area contributed by atoms with E-state index in [9.17, 15) is 25.2 Å². The van der Waals surface area contributed by atoms with Crippen molar-refractivity contribution in [2.24, 2.45) is 28.1 Å². The SMILES string of the molecule is CC(C)=CC[C@H]1C[C@@]23C[C@@H](C[C@@H](O)C(C)(C)O)C(C)(C)[C@@](CC=C(C)C)(C(=O)C(C(=O)c4ccc(O)c(O)c4)=C2OC1(C)C)C3=O. The average molecular weight is 637 g/mol. The largest absolute Gasteiger partial charge is 0.504 e. The van der Waals surface area contributed by atoms with E-state index in [0.29, 0.717) is 12.8 Å². The Bertz CT molecular complexity index is 1530. The monoisotopic (exact) mass is 636 g/mol. The van der Waals surface area contributed by atoms with Crippen LogP contribution in [0.4, 0.5) is 0 Å². The lowest BCUT2D eigenvalue weighted by atomic mass is 9.38. The Morgan fingerprint density at radius 2 is 1.57 bits per heavy atom. The number of benzene rings is 1. The summed E-state index contributed by atoms with van der Waals surface area (Å²) < 4.78 is 6.76. The van der Waals surface area contributed by atoms with Crippen molar-refractivity contribution in [3.63, 3.8) is 0 Å². The van der Waals surface area contributed by atoms with Gasteiger partial charge in [-0.05, 0) is 117 Å². The van der Waals surface area contributed by atoms with Crippen LogP contribution >= 0.6 is 0 Å². The first-order chi connectivity index (χ1) is 21.0. The average Bonchev–Trinajstić information content (AvgIpc) is 2.92. The second-order valence-electron chi connectivity index (χ2n) is 16.0. The molecule has 4 N–H and O–H groups in total. The van der Waals surface area contributed by atoms with Gasteiger partial charge in [0, 0.05) is 11.5 Å². The third-order valence-corrected chi connectivity index (χ3v) is 11.2. The highest BCUT2D eigenvalue weighted by atomic mass is 16.5. The molecule has 0 unspecified atom stereocenters. The molecule has 3 aliphatic rings. The molecule has 2 aliphatic carbocycles. The molecule has 0 amide bonds. The maximum atomic E-state index is 15.4. The van der Waals surface area contributed by atoms with E-state index in [1.165, 1.54) is 12.1 Å². The van der Waals surface area contributed by atoms with Crippen LogP contribution in [0.5, 0.6) is 11.5 Å². The molecule has 1 spiro atoms. The number of Topliss-reactive ketones (excluding diaryl/α,β-unsaturated/α-hetero) is 3. The van der Waals surface area contributed by atoms with Crippen LogP contribution < -0.4 is 0 Å². The van der Waals surface area contributed by atoms with Crippen molar-refractivity contribution < 1.29 is 39.5 Å². The Labute approximate surface area is 273 Å². The summed E-state index contributed by atoms with van der Waals surface area (Å²) >= 11 is 0. The number of carbonyl (C=O) groups excluding carboxylic acids is 3. The molecule has 2 fully saturated rings. The number of carbonyl (C=O) groups is 3. The number of allylic oxidation sites excluding steroid dienone is 6. The molecular formula is C38H52O8. The van der Waals surface area contributed by atoms with Gasteiger partial charge in [-0.3, -0.25) is 14.4 Å². The van der Waals surface area contributed by atoms with Gasteiger partial charge in [0.1, 0.15) is 22.3 Å². The zero-order valence-corrected chi connectivity index (χ0v) is 29.1. The van der Waals surface area contributed by atoms with E-state index >= 15 is 9.59 Å². The van der Waals surface area contributed by atoms with Gasteiger partial charge >= 0.3 is 0 Å². The highest BCUT2D eigenvalue weighted by Crippen LogP contribution is 2.69. The maximum Gasteiger partial charge on any atom is 0.200 e. The van der Waals surface area contributed by atoms with E-state index in [-0.39, 0.29) is 47.9 Å². The topological polar surface area (TPSA) is 141 Å². The summed E-state index contributed by atoms with van der Waals surface area (Å²) in [5, 5.41) is 42.2. The summed E-state index contributed by atoms with van der Waals surface area (Å²) in [4.78, 5) is 45.1. The van der Waals surface area contributed by atoms with Crippen LogP contribution in [0.15, 0.2) is 52.8 Å². The fraction of sp³-hybridized carbons (Fsp3) is 0.605. The Hall–Kier alpha value is -3.23. The van der Waals surface area contributed by atoms with Gasteiger partial charge in [-0.25, -0.2) is 0 Å². The number of aliphatic hydroxyl groups is 2. The molecule has 1 saturated carbocycles. The van der Waals surface area contributed by atoms with Crippen molar-refractivity contribution in [1.29, 1.82) is 0 Å². The molecule has 8 heteroatoms. The summed E-state index contributed by atoms with van der Waals surface area (Å²) in [6.07, 6.45) is 4.24. The van der Waals surface area contributed by atoms with Gasteiger partial charge in [0.05, 0.1) is 17.1 Å². The number of phenols is 2. The first-order valence-corrected chi connectivity index (χ1v) is 16.3. The fourth-order valence-corrected chi connectivity index (χ4v) is 7.90. The van der Waals surface area contributed by atoms with Gasteiger partial charge in [-0.15, -0.1) is 0 Å². The first kappa shape index (κ1) is 35.6. The van der Waals surface area contributed by atoms with Crippen molar-refractivity contribution in [3.8, 4) is 11.5 Å². The number of aromatic hydroxyl groups is 2. The van der Waals surface area contributed by atoms with E-state index in [4.69, 9.17) is 4.74 Å². The number of aliphatic hydroxyl groups excluding tert-OH is 1. The van der Waals surface area contributed by atoms with Crippen LogP contribution in [-0.4, -0.2) is 55.1 Å². The van der Waals surface area contributed by atoms with Crippen molar-refractivity contribution in [2.75, 3.05) is 0 Å². The second kappa shape index (κ2) is 11.8. The van der Waals surface area contributed by atoms with Crippen LogP contribution in [0.3, 0.4) is 0 Å². The van der Waals surface area contributed by atoms with Gasteiger partial charge in [0.2, 0.25) is 0 Å². The van der Waals surface area contributed by atoms with Crippen LogP contribution in [0.25, 0.3) is 0 Å². The molecule has 1 aliphatic heterocycles. The third kappa shape index (κ3) is 5.66. The molecule has 8 nitrogen and oxygen atoms in total. The minimum atomic E-state index is -1.67. The molecule has 46 heavy (non-hydrogen) atoms. The molecular weight excluding hydrogens is 584 g/mol. The Morgan fingerprint density at radius 3 is 2.11 bits per heavy atom. The molecule has 0 radical (unpaired) electrons. The minimum Gasteiger partial charge on any atom is -0.504 e. The van der Waals surface area contributed by atoms with Crippen LogP contribution in [0.1, 0.15) is 112 Å². The van der Waals surface area contributed by atoms with Crippen molar-refractivity contribution >= 4 is 17.3 Å². The quantitative estimate of drug-likeness (QED) is 0.0767. The number of hydrogen-bond acceptors (Lipinski definition) is 8. The Morgan fingerprint density at radius 1 is 0.978 bits per heavy atom. The molecule has 5 atom stereocenters. The lowest BCUT2D eigenvalue weighted by molar-refractivity contribution is -0.192. The highest BCUT2D eigenvalue weighted by Gasteiger charge is 2.74. The van der Waals surface area contributed by atoms with Crippen LogP contribution in [-0.2, 0) is 14.3 Å². The number of ketones is 3. The fourth-order valence-electron chi connectivity index (χ4n) is 7.90. The van der Waals surface area contributed by atoms with Gasteiger partial charge in [0.15, 0.2) is 28.8 Å². The molecule has 1 saturated heterocycles. The van der Waals surface area contributed by atoms with Gasteiger partial charge in [-0.2, -0.15) is 0 Å². The summed E-state index contributed by atoms with van der Waals surface area (Å²) in [6.45, 7) is 18.4. The zero-order chi connectivity index (χ0) is 34.8. The molecule has 1 aromatic carbocycles. The van der Waals surface area contributed by atoms with Crippen LogP contribution in [0.2, 0.25) is 0 Å².